The number of hydrogen-bond acceptors (Lipinski definition) is 4. The third-order valence-corrected chi connectivity index (χ3v) is 8.07. The number of carbonyl (C=O) groups excluding carboxylic acids is 1. The van der Waals surface area contributed by atoms with Crippen molar-refractivity contribution in [1.82, 2.24) is 9.79 Å². The van der Waals surface area contributed by atoms with E-state index in [-0.39, 0.29) is 38.4 Å². The van der Waals surface area contributed by atoms with Crippen molar-refractivity contribution in [3.05, 3.63) is 0 Å². The van der Waals surface area contributed by atoms with Gasteiger partial charge in [-0.2, -0.15) is 22.0 Å². The zero-order chi connectivity index (χ0) is 22.4. The molecule has 1 amide bonds. The van der Waals surface area contributed by atoms with Crippen molar-refractivity contribution < 1.29 is 40.9 Å². The molecule has 0 saturated carbocycles. The summed E-state index contributed by atoms with van der Waals surface area (Å²) in [6, 6.07) is 0. The molecule has 0 spiro atoms. The first-order chi connectivity index (χ1) is 14.0. The van der Waals surface area contributed by atoms with E-state index < -0.39 is 40.2 Å². The van der Waals surface area contributed by atoms with E-state index in [4.69, 9.17) is 9.94 Å². The van der Waals surface area contributed by atoms with Crippen LogP contribution in [0, 0.1) is 5.92 Å². The largest absolute Gasteiger partial charge is 0.453 e. The monoisotopic (exact) mass is 464 g/mol. The Labute approximate surface area is 175 Å². The van der Waals surface area contributed by atoms with Crippen LogP contribution >= 0.6 is 0 Å². The third kappa shape index (κ3) is 6.10. The van der Waals surface area contributed by atoms with Gasteiger partial charge in [-0.1, -0.05) is 19.3 Å². The SMILES string of the molecule is O=C(NO)C1(S(=O)N2CCC(CCCCCC(F)(F)C(F)(F)F)CC2)CCOCC1. The Morgan fingerprint density at radius 3 is 2.23 bits per heavy atom. The van der Waals surface area contributed by atoms with Crippen LogP contribution in [0.1, 0.15) is 57.8 Å². The normalized spacial score (nSPS) is 22.6. The predicted molar refractivity (Wildman–Crippen MR) is 99.2 cm³/mol. The third-order valence-electron chi connectivity index (χ3n) is 5.98. The molecule has 2 saturated heterocycles. The molecule has 6 nitrogen and oxygen atoms in total. The number of ether oxygens (including phenoxy) is 1. The molecule has 30 heavy (non-hydrogen) atoms. The second-order valence-corrected chi connectivity index (χ2v) is 9.77. The molecule has 1 unspecified atom stereocenters. The number of rotatable bonds is 9. The van der Waals surface area contributed by atoms with Gasteiger partial charge in [-0.05, 0) is 38.0 Å². The van der Waals surface area contributed by atoms with E-state index >= 15 is 0 Å². The molecule has 2 aliphatic heterocycles. The topological polar surface area (TPSA) is 78.9 Å². The van der Waals surface area contributed by atoms with Gasteiger partial charge in [0, 0.05) is 32.7 Å². The Balaban J connectivity index is 1.74. The number of carbonyl (C=O) groups is 1. The number of unbranched alkanes of at least 4 members (excludes halogenated alkanes) is 2. The van der Waals surface area contributed by atoms with E-state index in [2.05, 4.69) is 0 Å². The Morgan fingerprint density at radius 1 is 1.10 bits per heavy atom. The van der Waals surface area contributed by atoms with Gasteiger partial charge in [-0.3, -0.25) is 10.0 Å². The van der Waals surface area contributed by atoms with Crippen LogP contribution in [-0.2, 0) is 20.5 Å². The summed E-state index contributed by atoms with van der Waals surface area (Å²) >= 11 is 0. The van der Waals surface area contributed by atoms with Gasteiger partial charge in [0.05, 0.1) is 0 Å². The molecule has 12 heteroatoms. The standard InChI is InChI=1S/C18H29F5N2O4S/c19-17(20,18(21,22)23)7-3-1-2-4-14-5-10-25(11-6-14)30(28)16(15(26)24-27)8-12-29-13-9-16/h14,27H,1-13H2,(H,24,26). The van der Waals surface area contributed by atoms with Gasteiger partial charge in [-0.15, -0.1) is 0 Å². The molecule has 176 valence electrons. The summed E-state index contributed by atoms with van der Waals surface area (Å²) in [5, 5.41) is 9.07. The molecule has 1 atom stereocenters. The summed E-state index contributed by atoms with van der Waals surface area (Å²) < 4.78 is 81.1. The predicted octanol–water partition coefficient (Wildman–Crippen LogP) is 3.56. The minimum Gasteiger partial charge on any atom is -0.381 e. The van der Waals surface area contributed by atoms with E-state index in [1.807, 2.05) is 0 Å². The summed E-state index contributed by atoms with van der Waals surface area (Å²) in [6.07, 6.45) is -3.38. The fourth-order valence-corrected chi connectivity index (χ4v) is 5.75. The Kier molecular flexibility index (Phi) is 9.02. The molecule has 0 aromatic carbocycles. The molecule has 2 aliphatic rings. The molecule has 2 fully saturated rings. The van der Waals surface area contributed by atoms with Crippen molar-refractivity contribution in [3.63, 3.8) is 0 Å². The van der Waals surface area contributed by atoms with Gasteiger partial charge in [0.1, 0.15) is 15.7 Å². The van der Waals surface area contributed by atoms with Crippen LogP contribution in [-0.4, -0.2) is 62.8 Å². The van der Waals surface area contributed by atoms with Gasteiger partial charge < -0.3 is 4.74 Å². The van der Waals surface area contributed by atoms with Gasteiger partial charge in [-0.25, -0.2) is 14.0 Å². The zero-order valence-corrected chi connectivity index (χ0v) is 17.5. The minimum atomic E-state index is -5.50. The van der Waals surface area contributed by atoms with E-state index in [0.29, 0.717) is 45.2 Å². The van der Waals surface area contributed by atoms with Gasteiger partial charge in [0.2, 0.25) is 0 Å². The van der Waals surface area contributed by atoms with Gasteiger partial charge in [0.25, 0.3) is 5.91 Å². The number of halogens is 5. The molecular weight excluding hydrogens is 435 g/mol. The summed E-state index contributed by atoms with van der Waals surface area (Å²) in [5.41, 5.74) is 1.63. The molecule has 0 aromatic heterocycles. The number of piperidine rings is 1. The molecule has 0 aromatic rings. The van der Waals surface area contributed by atoms with Crippen LogP contribution in [0.25, 0.3) is 0 Å². The Hall–Kier alpha value is -0.850. The van der Waals surface area contributed by atoms with Crippen LogP contribution in [0.2, 0.25) is 0 Å². The Morgan fingerprint density at radius 2 is 1.70 bits per heavy atom. The summed E-state index contributed by atoms with van der Waals surface area (Å²) in [5.74, 6) is -5.04. The molecule has 0 bridgehead atoms. The van der Waals surface area contributed by atoms with Crippen molar-refractivity contribution in [2.45, 2.75) is 74.6 Å². The second kappa shape index (κ2) is 10.6. The van der Waals surface area contributed by atoms with E-state index in [0.717, 1.165) is 0 Å². The molecule has 2 N–H and O–H groups in total. The first-order valence-electron chi connectivity index (χ1n) is 10.2. The van der Waals surface area contributed by atoms with Crippen LogP contribution < -0.4 is 5.48 Å². The number of nitrogens with zero attached hydrogens (tertiary/aromatic N) is 1. The average molecular weight is 464 g/mol. The highest BCUT2D eigenvalue weighted by atomic mass is 32.2. The summed E-state index contributed by atoms with van der Waals surface area (Å²) in [4.78, 5) is 12.2. The maximum Gasteiger partial charge on any atom is 0.453 e. The Bertz CT molecular complexity index is 592. The lowest BCUT2D eigenvalue weighted by molar-refractivity contribution is -0.284. The second-order valence-electron chi connectivity index (χ2n) is 7.97. The highest BCUT2D eigenvalue weighted by Gasteiger charge is 2.56. The first-order valence-corrected chi connectivity index (χ1v) is 11.3. The molecule has 2 rings (SSSR count). The van der Waals surface area contributed by atoms with Crippen LogP contribution in [0.5, 0.6) is 0 Å². The van der Waals surface area contributed by atoms with Gasteiger partial charge in [0.15, 0.2) is 0 Å². The van der Waals surface area contributed by atoms with Crippen molar-refractivity contribution >= 4 is 16.9 Å². The number of alkyl halides is 5. The maximum absolute atomic E-state index is 13.1. The fraction of sp³-hybridized carbons (Fsp3) is 0.944. The van der Waals surface area contributed by atoms with Crippen LogP contribution in [0.3, 0.4) is 0 Å². The number of hydroxylamine groups is 1. The van der Waals surface area contributed by atoms with Crippen molar-refractivity contribution in [2.75, 3.05) is 26.3 Å². The molecule has 2 heterocycles. The zero-order valence-electron chi connectivity index (χ0n) is 16.7. The van der Waals surface area contributed by atoms with Crippen LogP contribution in [0.4, 0.5) is 22.0 Å². The lowest BCUT2D eigenvalue weighted by atomic mass is 9.92. The van der Waals surface area contributed by atoms with Crippen molar-refractivity contribution in [3.8, 4) is 0 Å². The quantitative estimate of drug-likeness (QED) is 0.237. The number of hydrogen-bond donors (Lipinski definition) is 2. The van der Waals surface area contributed by atoms with Crippen molar-refractivity contribution in [2.24, 2.45) is 5.92 Å². The average Bonchev–Trinajstić information content (AvgIpc) is 2.72. The number of nitrogens with one attached hydrogen (secondary N) is 1. The highest BCUT2D eigenvalue weighted by molar-refractivity contribution is 7.85. The fourth-order valence-electron chi connectivity index (χ4n) is 3.99. The summed E-state index contributed by atoms with van der Waals surface area (Å²) in [6.45, 7) is 1.54. The molecule has 0 aliphatic carbocycles. The van der Waals surface area contributed by atoms with E-state index in [1.165, 1.54) is 0 Å². The molecule has 0 radical (unpaired) electrons. The highest BCUT2D eigenvalue weighted by Crippen LogP contribution is 2.39. The lowest BCUT2D eigenvalue weighted by Crippen LogP contribution is -2.57. The molecular formula is C18H29F5N2O4S. The summed E-state index contributed by atoms with van der Waals surface area (Å²) in [7, 11) is -1.63. The minimum absolute atomic E-state index is 0.184. The van der Waals surface area contributed by atoms with Gasteiger partial charge >= 0.3 is 12.1 Å². The maximum atomic E-state index is 13.1. The van der Waals surface area contributed by atoms with E-state index in [9.17, 15) is 31.0 Å². The van der Waals surface area contributed by atoms with E-state index in [1.54, 1.807) is 9.79 Å². The first kappa shape index (κ1) is 25.4. The number of amides is 1. The smallest absolute Gasteiger partial charge is 0.381 e. The van der Waals surface area contributed by atoms with Crippen LogP contribution in [0.15, 0.2) is 0 Å². The van der Waals surface area contributed by atoms with Crippen molar-refractivity contribution in [1.29, 1.82) is 0 Å². The lowest BCUT2D eigenvalue weighted by Gasteiger charge is -2.40.